The van der Waals surface area contributed by atoms with Crippen LogP contribution in [0.2, 0.25) is 0 Å². The van der Waals surface area contributed by atoms with Crippen molar-refractivity contribution in [3.8, 4) is 5.75 Å². The molecule has 1 aromatic rings. The molecular formula is C16H26N2O3. The summed E-state index contributed by atoms with van der Waals surface area (Å²) < 4.78 is 5.84. The van der Waals surface area contributed by atoms with E-state index in [1.807, 2.05) is 52.2 Å². The van der Waals surface area contributed by atoms with Crippen molar-refractivity contribution >= 4 is 11.7 Å². The molecule has 0 aromatic heterocycles. The number of aliphatic carboxylic acids is 1. The molecule has 0 unspecified atom stereocenters. The van der Waals surface area contributed by atoms with E-state index in [-0.39, 0.29) is 12.5 Å². The first-order chi connectivity index (χ1) is 9.90. The number of hydrogen-bond donors (Lipinski definition) is 1. The lowest BCUT2D eigenvalue weighted by Crippen LogP contribution is -2.33. The van der Waals surface area contributed by atoms with Gasteiger partial charge in [-0.3, -0.25) is 4.79 Å². The standard InChI is InChI=1S/C16H26N2O3/c1-13(2)21-15-8-6-5-7-14(15)18(10-9-16(19)20)12-11-17(3)4/h5-8,13H,9-12H2,1-4H3,(H,19,20). The van der Waals surface area contributed by atoms with Gasteiger partial charge >= 0.3 is 5.97 Å². The summed E-state index contributed by atoms with van der Waals surface area (Å²) in [5.74, 6) is 0.0174. The van der Waals surface area contributed by atoms with E-state index in [0.29, 0.717) is 6.54 Å². The number of anilines is 1. The molecule has 0 spiro atoms. The fourth-order valence-electron chi connectivity index (χ4n) is 1.98. The Bertz CT molecular complexity index is 447. The van der Waals surface area contributed by atoms with E-state index < -0.39 is 5.97 Å². The van der Waals surface area contributed by atoms with Gasteiger partial charge in [-0.05, 0) is 40.1 Å². The number of benzene rings is 1. The Labute approximate surface area is 127 Å². The fourth-order valence-corrected chi connectivity index (χ4v) is 1.98. The van der Waals surface area contributed by atoms with Crippen molar-refractivity contribution in [2.45, 2.75) is 26.4 Å². The molecule has 1 rings (SSSR count). The van der Waals surface area contributed by atoms with E-state index in [2.05, 4.69) is 9.80 Å². The Morgan fingerprint density at radius 2 is 1.86 bits per heavy atom. The van der Waals surface area contributed by atoms with Gasteiger partial charge in [0.1, 0.15) is 5.75 Å². The maximum absolute atomic E-state index is 10.9. The van der Waals surface area contributed by atoms with Crippen molar-refractivity contribution in [3.05, 3.63) is 24.3 Å². The smallest absolute Gasteiger partial charge is 0.305 e. The number of hydrogen-bond acceptors (Lipinski definition) is 4. The number of ether oxygens (including phenoxy) is 1. The molecule has 0 aliphatic rings. The van der Waals surface area contributed by atoms with Gasteiger partial charge in [0.05, 0.1) is 18.2 Å². The minimum Gasteiger partial charge on any atom is -0.489 e. The Hall–Kier alpha value is -1.75. The number of rotatable bonds is 9. The van der Waals surface area contributed by atoms with Crippen LogP contribution in [-0.2, 0) is 4.79 Å². The molecule has 1 aromatic carbocycles. The molecule has 1 N–H and O–H groups in total. The summed E-state index contributed by atoms with van der Waals surface area (Å²) in [4.78, 5) is 15.0. The van der Waals surface area contributed by atoms with E-state index in [0.717, 1.165) is 24.5 Å². The first-order valence-corrected chi connectivity index (χ1v) is 7.27. The van der Waals surface area contributed by atoms with E-state index in [4.69, 9.17) is 9.84 Å². The average molecular weight is 294 g/mol. The highest BCUT2D eigenvalue weighted by molar-refractivity contribution is 5.68. The second-order valence-corrected chi connectivity index (χ2v) is 5.57. The Kier molecular flexibility index (Phi) is 7.02. The number of nitrogens with zero attached hydrogens (tertiary/aromatic N) is 2. The molecular weight excluding hydrogens is 268 g/mol. The van der Waals surface area contributed by atoms with Crippen molar-refractivity contribution in [2.75, 3.05) is 38.6 Å². The number of likely N-dealkylation sites (N-methyl/N-ethyl adjacent to an activating group) is 1. The van der Waals surface area contributed by atoms with E-state index in [9.17, 15) is 4.79 Å². The molecule has 0 amide bonds. The van der Waals surface area contributed by atoms with Crippen molar-refractivity contribution in [1.29, 1.82) is 0 Å². The fraction of sp³-hybridized carbons (Fsp3) is 0.562. The lowest BCUT2D eigenvalue weighted by molar-refractivity contribution is -0.136. The van der Waals surface area contributed by atoms with Crippen LogP contribution >= 0.6 is 0 Å². The lowest BCUT2D eigenvalue weighted by atomic mass is 10.2. The van der Waals surface area contributed by atoms with Gasteiger partial charge in [0.15, 0.2) is 0 Å². The summed E-state index contributed by atoms with van der Waals surface area (Å²) >= 11 is 0. The van der Waals surface area contributed by atoms with E-state index in [1.165, 1.54) is 0 Å². The minimum absolute atomic E-state index is 0.0846. The van der Waals surface area contributed by atoms with E-state index >= 15 is 0 Å². The van der Waals surface area contributed by atoms with Crippen LogP contribution in [0.1, 0.15) is 20.3 Å². The van der Waals surface area contributed by atoms with Gasteiger partial charge in [0, 0.05) is 19.6 Å². The van der Waals surface area contributed by atoms with Gasteiger partial charge in [0.25, 0.3) is 0 Å². The summed E-state index contributed by atoms with van der Waals surface area (Å²) in [6.45, 7) is 6.06. The molecule has 0 aliphatic carbocycles. The zero-order chi connectivity index (χ0) is 15.8. The van der Waals surface area contributed by atoms with Crippen LogP contribution in [0.5, 0.6) is 5.75 Å². The molecule has 0 radical (unpaired) electrons. The molecule has 0 atom stereocenters. The second kappa shape index (κ2) is 8.52. The zero-order valence-electron chi connectivity index (χ0n) is 13.4. The van der Waals surface area contributed by atoms with Crippen LogP contribution in [0.25, 0.3) is 0 Å². The average Bonchev–Trinajstić information content (AvgIpc) is 2.39. The summed E-state index contributed by atoms with van der Waals surface area (Å²) in [7, 11) is 4.01. The number of carbonyl (C=O) groups is 1. The number of para-hydroxylation sites is 2. The Balaban J connectivity index is 2.91. The van der Waals surface area contributed by atoms with Crippen LogP contribution in [0.15, 0.2) is 24.3 Å². The third-order valence-corrected chi connectivity index (χ3v) is 2.98. The maximum Gasteiger partial charge on any atom is 0.305 e. The molecule has 5 heteroatoms. The summed E-state index contributed by atoms with van der Waals surface area (Å²) in [5, 5.41) is 8.93. The summed E-state index contributed by atoms with van der Waals surface area (Å²) in [6, 6.07) is 7.79. The number of carboxylic acids is 1. The quantitative estimate of drug-likeness (QED) is 0.757. The molecule has 21 heavy (non-hydrogen) atoms. The van der Waals surface area contributed by atoms with Crippen molar-refractivity contribution in [3.63, 3.8) is 0 Å². The highest BCUT2D eigenvalue weighted by Gasteiger charge is 2.14. The van der Waals surface area contributed by atoms with Crippen LogP contribution in [0.4, 0.5) is 5.69 Å². The molecule has 0 saturated carbocycles. The summed E-state index contributed by atoms with van der Waals surface area (Å²) in [6.07, 6.45) is 0.199. The first-order valence-electron chi connectivity index (χ1n) is 7.27. The minimum atomic E-state index is -0.785. The maximum atomic E-state index is 10.9. The number of carboxylic acid groups (broad SMARTS) is 1. The van der Waals surface area contributed by atoms with Crippen molar-refractivity contribution in [2.24, 2.45) is 0 Å². The van der Waals surface area contributed by atoms with Gasteiger partial charge in [-0.2, -0.15) is 0 Å². The van der Waals surface area contributed by atoms with Crippen molar-refractivity contribution in [1.82, 2.24) is 4.90 Å². The molecule has 5 nitrogen and oxygen atoms in total. The molecule has 0 aliphatic heterocycles. The van der Waals surface area contributed by atoms with Gasteiger partial charge < -0.3 is 19.6 Å². The third-order valence-electron chi connectivity index (χ3n) is 2.98. The second-order valence-electron chi connectivity index (χ2n) is 5.57. The normalized spacial score (nSPS) is 11.0. The van der Waals surface area contributed by atoms with Crippen LogP contribution < -0.4 is 9.64 Å². The molecule has 0 fully saturated rings. The SMILES string of the molecule is CC(C)Oc1ccccc1N(CCC(=O)O)CCN(C)C. The van der Waals surface area contributed by atoms with Gasteiger partial charge in [-0.15, -0.1) is 0 Å². The summed E-state index contributed by atoms with van der Waals surface area (Å²) in [5.41, 5.74) is 0.953. The van der Waals surface area contributed by atoms with Gasteiger partial charge in [0.2, 0.25) is 0 Å². The van der Waals surface area contributed by atoms with Gasteiger partial charge in [-0.25, -0.2) is 0 Å². The molecule has 0 bridgehead atoms. The van der Waals surface area contributed by atoms with Crippen molar-refractivity contribution < 1.29 is 14.6 Å². The molecule has 0 heterocycles. The first kappa shape index (κ1) is 17.3. The van der Waals surface area contributed by atoms with Crippen LogP contribution in [0.3, 0.4) is 0 Å². The van der Waals surface area contributed by atoms with E-state index in [1.54, 1.807) is 0 Å². The topological polar surface area (TPSA) is 53.0 Å². The Morgan fingerprint density at radius 1 is 1.19 bits per heavy atom. The monoisotopic (exact) mass is 294 g/mol. The highest BCUT2D eigenvalue weighted by Crippen LogP contribution is 2.29. The predicted molar refractivity (Wildman–Crippen MR) is 85.2 cm³/mol. The third kappa shape index (κ3) is 6.49. The lowest BCUT2D eigenvalue weighted by Gasteiger charge is -2.28. The molecule has 0 saturated heterocycles. The highest BCUT2D eigenvalue weighted by atomic mass is 16.5. The predicted octanol–water partition coefficient (Wildman–Crippen LogP) is 2.32. The largest absolute Gasteiger partial charge is 0.489 e. The molecule has 118 valence electrons. The zero-order valence-corrected chi connectivity index (χ0v) is 13.4. The Morgan fingerprint density at radius 3 is 2.43 bits per heavy atom. The van der Waals surface area contributed by atoms with Crippen LogP contribution in [-0.4, -0.2) is 55.8 Å². The van der Waals surface area contributed by atoms with Gasteiger partial charge in [-0.1, -0.05) is 12.1 Å². The van der Waals surface area contributed by atoms with Crippen LogP contribution in [0, 0.1) is 0 Å².